The van der Waals surface area contributed by atoms with Crippen molar-refractivity contribution < 1.29 is 0 Å². The number of hydrogen-bond acceptors (Lipinski definition) is 1. The Kier molecular flexibility index (Phi) is 7.01. The van der Waals surface area contributed by atoms with E-state index in [1.54, 1.807) is 0 Å². The van der Waals surface area contributed by atoms with Gasteiger partial charge in [-0.15, -0.1) is 0 Å². The lowest BCUT2D eigenvalue weighted by Gasteiger charge is -2.07. The van der Waals surface area contributed by atoms with Crippen LogP contribution in [0.3, 0.4) is 0 Å². The molecule has 1 heterocycles. The van der Waals surface area contributed by atoms with Gasteiger partial charge < -0.3 is 4.57 Å². The molecule has 0 amide bonds. The molecule has 1 aromatic heterocycles. The number of pyridine rings is 1. The zero-order chi connectivity index (χ0) is 14.9. The molecule has 0 saturated heterocycles. The Bertz CT molecular complexity index is 605. The van der Waals surface area contributed by atoms with Crippen molar-refractivity contribution in [2.75, 3.05) is 5.33 Å². The van der Waals surface area contributed by atoms with E-state index in [4.69, 9.17) is 0 Å². The van der Waals surface area contributed by atoms with Crippen LogP contribution in [0, 0.1) is 0 Å². The summed E-state index contributed by atoms with van der Waals surface area (Å²) in [5, 5.41) is 2.98. The van der Waals surface area contributed by atoms with Crippen LogP contribution < -0.4 is 5.56 Å². The summed E-state index contributed by atoms with van der Waals surface area (Å²) in [6.45, 7) is 0.838. The number of rotatable bonds is 9. The molecule has 1 aromatic carbocycles. The number of halogens is 1. The lowest BCUT2D eigenvalue weighted by Crippen LogP contribution is -2.19. The summed E-state index contributed by atoms with van der Waals surface area (Å²) >= 11 is 3.46. The normalized spacial score (nSPS) is 11.1. The molecule has 2 rings (SSSR count). The van der Waals surface area contributed by atoms with Crippen molar-refractivity contribution in [2.24, 2.45) is 0 Å². The second-order valence-electron chi connectivity index (χ2n) is 5.57. The molecule has 3 heteroatoms. The van der Waals surface area contributed by atoms with Gasteiger partial charge in [0.05, 0.1) is 0 Å². The Morgan fingerprint density at radius 3 is 2.29 bits per heavy atom. The number of aryl methyl sites for hydroxylation is 1. The van der Waals surface area contributed by atoms with Crippen LogP contribution in [-0.4, -0.2) is 9.90 Å². The van der Waals surface area contributed by atoms with Gasteiger partial charge in [-0.3, -0.25) is 4.79 Å². The molecule has 0 aliphatic carbocycles. The summed E-state index contributed by atoms with van der Waals surface area (Å²) in [7, 11) is 0. The third-order valence-corrected chi connectivity index (χ3v) is 4.48. The van der Waals surface area contributed by atoms with Gasteiger partial charge in [-0.2, -0.15) is 0 Å². The highest BCUT2D eigenvalue weighted by Crippen LogP contribution is 2.10. The number of aromatic nitrogens is 1. The Morgan fingerprint density at radius 2 is 1.52 bits per heavy atom. The van der Waals surface area contributed by atoms with Gasteiger partial charge in [0.1, 0.15) is 0 Å². The molecule has 0 unspecified atom stereocenters. The maximum absolute atomic E-state index is 12.3. The Labute approximate surface area is 135 Å². The molecule has 21 heavy (non-hydrogen) atoms. The van der Waals surface area contributed by atoms with E-state index in [0.29, 0.717) is 0 Å². The Hall–Kier alpha value is -1.09. The number of fused-ring (bicyclic) bond motifs is 1. The van der Waals surface area contributed by atoms with Crippen molar-refractivity contribution in [3.63, 3.8) is 0 Å². The summed E-state index contributed by atoms with van der Waals surface area (Å²) in [4.78, 5) is 12.3. The van der Waals surface area contributed by atoms with Crippen LogP contribution in [0.4, 0.5) is 0 Å². The van der Waals surface area contributed by atoms with Crippen molar-refractivity contribution in [3.05, 3.63) is 46.9 Å². The number of benzene rings is 1. The first-order chi connectivity index (χ1) is 10.3. The fourth-order valence-corrected chi connectivity index (χ4v) is 3.06. The van der Waals surface area contributed by atoms with Crippen molar-refractivity contribution in [1.82, 2.24) is 4.57 Å². The summed E-state index contributed by atoms with van der Waals surface area (Å²) in [6, 6.07) is 9.85. The van der Waals surface area contributed by atoms with Gasteiger partial charge in [-0.1, -0.05) is 66.2 Å². The molecule has 0 spiro atoms. The molecule has 0 aliphatic rings. The van der Waals surface area contributed by atoms with Gasteiger partial charge in [-0.05, 0) is 30.4 Å². The molecule has 2 aromatic rings. The molecule has 0 radical (unpaired) electrons. The van der Waals surface area contributed by atoms with Gasteiger partial charge in [0, 0.05) is 23.5 Å². The number of hydrogen-bond donors (Lipinski definition) is 0. The fourth-order valence-electron chi connectivity index (χ4n) is 2.67. The minimum Gasteiger partial charge on any atom is -0.315 e. The van der Waals surface area contributed by atoms with Gasteiger partial charge in [0.15, 0.2) is 0 Å². The van der Waals surface area contributed by atoms with E-state index in [1.807, 2.05) is 41.1 Å². The highest BCUT2D eigenvalue weighted by atomic mass is 79.9. The lowest BCUT2D eigenvalue weighted by atomic mass is 10.1. The molecule has 0 aliphatic heterocycles. The van der Waals surface area contributed by atoms with Gasteiger partial charge >= 0.3 is 0 Å². The second-order valence-corrected chi connectivity index (χ2v) is 6.36. The molecule has 114 valence electrons. The van der Waals surface area contributed by atoms with E-state index < -0.39 is 0 Å². The largest absolute Gasteiger partial charge is 0.315 e. The third kappa shape index (κ3) is 4.99. The van der Waals surface area contributed by atoms with E-state index in [2.05, 4.69) is 15.9 Å². The summed E-state index contributed by atoms with van der Waals surface area (Å²) in [5.41, 5.74) is 0.144. The number of alkyl halides is 1. The topological polar surface area (TPSA) is 22.0 Å². The van der Waals surface area contributed by atoms with Crippen molar-refractivity contribution in [2.45, 2.75) is 51.5 Å². The van der Waals surface area contributed by atoms with Crippen LogP contribution in [0.25, 0.3) is 10.8 Å². The van der Waals surface area contributed by atoms with E-state index in [1.165, 1.54) is 38.5 Å². The minimum absolute atomic E-state index is 0.144. The minimum atomic E-state index is 0.144. The maximum Gasteiger partial charge on any atom is 0.258 e. The quantitative estimate of drug-likeness (QED) is 0.454. The molecule has 0 atom stereocenters. The lowest BCUT2D eigenvalue weighted by molar-refractivity contribution is 0.545. The molecular formula is C18H24BrNO. The van der Waals surface area contributed by atoms with Crippen molar-refractivity contribution in [3.8, 4) is 0 Å². The molecule has 2 nitrogen and oxygen atoms in total. The fraction of sp³-hybridized carbons (Fsp3) is 0.500. The molecule has 0 fully saturated rings. The summed E-state index contributed by atoms with van der Waals surface area (Å²) < 4.78 is 1.85. The standard InChI is InChI=1S/C18H24BrNO/c19-13-8-4-2-1-3-5-9-14-20-15-12-16-10-6-7-11-17(16)18(20)21/h6-7,10-12,15H,1-5,8-9,13-14H2. The summed E-state index contributed by atoms with van der Waals surface area (Å²) in [5.74, 6) is 0. The van der Waals surface area contributed by atoms with Crippen molar-refractivity contribution >= 4 is 26.7 Å². The van der Waals surface area contributed by atoms with E-state index >= 15 is 0 Å². The predicted molar refractivity (Wildman–Crippen MR) is 94.3 cm³/mol. The SMILES string of the molecule is O=c1c2ccccc2ccn1CCCCCCCCCBr. The van der Waals surface area contributed by atoms with Gasteiger partial charge in [0.2, 0.25) is 0 Å². The second kappa shape index (κ2) is 9.04. The maximum atomic E-state index is 12.3. The van der Waals surface area contributed by atoms with Crippen LogP contribution in [0.2, 0.25) is 0 Å². The highest BCUT2D eigenvalue weighted by Gasteiger charge is 2.01. The predicted octanol–water partition coefficient (Wildman–Crippen LogP) is 5.13. The first-order valence-electron chi connectivity index (χ1n) is 7.97. The third-order valence-electron chi connectivity index (χ3n) is 3.92. The molecular weight excluding hydrogens is 326 g/mol. The smallest absolute Gasteiger partial charge is 0.258 e. The first kappa shape index (κ1) is 16.3. The monoisotopic (exact) mass is 349 g/mol. The number of nitrogens with zero attached hydrogens (tertiary/aromatic N) is 1. The number of unbranched alkanes of at least 4 members (excludes halogenated alkanes) is 6. The zero-order valence-corrected chi connectivity index (χ0v) is 14.1. The van der Waals surface area contributed by atoms with Crippen LogP contribution in [-0.2, 0) is 6.54 Å². The van der Waals surface area contributed by atoms with E-state index in [-0.39, 0.29) is 5.56 Å². The average Bonchev–Trinajstić information content (AvgIpc) is 2.52. The first-order valence-corrected chi connectivity index (χ1v) is 9.09. The van der Waals surface area contributed by atoms with Gasteiger partial charge in [0.25, 0.3) is 5.56 Å². The molecule has 0 bridgehead atoms. The van der Waals surface area contributed by atoms with E-state index in [0.717, 1.165) is 29.1 Å². The van der Waals surface area contributed by atoms with Crippen LogP contribution >= 0.6 is 15.9 Å². The van der Waals surface area contributed by atoms with E-state index in [9.17, 15) is 4.79 Å². The Morgan fingerprint density at radius 1 is 0.857 bits per heavy atom. The van der Waals surface area contributed by atoms with Crippen molar-refractivity contribution in [1.29, 1.82) is 0 Å². The van der Waals surface area contributed by atoms with Crippen LogP contribution in [0.5, 0.6) is 0 Å². The molecule has 0 N–H and O–H groups in total. The molecule has 0 saturated carbocycles. The summed E-state index contributed by atoms with van der Waals surface area (Å²) in [6.07, 6.45) is 10.8. The zero-order valence-electron chi connectivity index (χ0n) is 12.6. The van der Waals surface area contributed by atoms with Gasteiger partial charge in [-0.25, -0.2) is 0 Å². The Balaban J connectivity index is 1.76. The van der Waals surface area contributed by atoms with Crippen LogP contribution in [0.15, 0.2) is 41.3 Å². The van der Waals surface area contributed by atoms with Crippen LogP contribution in [0.1, 0.15) is 44.9 Å². The average molecular weight is 350 g/mol. The highest BCUT2D eigenvalue weighted by molar-refractivity contribution is 9.09.